The molecule has 0 radical (unpaired) electrons. The van der Waals surface area contributed by atoms with Crippen molar-refractivity contribution in [2.45, 2.75) is 39.3 Å². The van der Waals surface area contributed by atoms with Crippen LogP contribution in [0.1, 0.15) is 29.3 Å². The fraction of sp³-hybridized carbons (Fsp3) is 0.250. The number of carboxylic acids is 1. The van der Waals surface area contributed by atoms with Gasteiger partial charge in [-0.3, -0.25) is 0 Å². The molecule has 9 nitrogen and oxygen atoms in total. The molecule has 4 rings (SSSR count). The summed E-state index contributed by atoms with van der Waals surface area (Å²) in [5, 5.41) is 24.3. The van der Waals surface area contributed by atoms with Crippen LogP contribution >= 0.6 is 0 Å². The maximum Gasteiger partial charge on any atom is 0.326 e. The van der Waals surface area contributed by atoms with E-state index in [1.807, 2.05) is 37.4 Å². The molecule has 4 aromatic rings. The fourth-order valence-electron chi connectivity index (χ4n) is 3.73. The fourth-order valence-corrected chi connectivity index (χ4v) is 3.73. The summed E-state index contributed by atoms with van der Waals surface area (Å²) in [6.07, 6.45) is 6.07. The first kappa shape index (κ1) is 23.0. The summed E-state index contributed by atoms with van der Waals surface area (Å²) in [7, 11) is 0. The third-order valence-corrected chi connectivity index (χ3v) is 5.50. The number of aromatic nitrogens is 5. The Bertz CT molecular complexity index is 1250. The summed E-state index contributed by atoms with van der Waals surface area (Å²) in [5.41, 5.74) is 4.51. The molecular weight excluding hydrogens is 437 g/mol. The molecule has 0 aliphatic carbocycles. The van der Waals surface area contributed by atoms with Crippen molar-refractivity contribution in [2.75, 3.05) is 10.6 Å². The molecule has 0 saturated carbocycles. The van der Waals surface area contributed by atoms with E-state index in [1.54, 1.807) is 24.0 Å². The second kappa shape index (κ2) is 10.2. The van der Waals surface area contributed by atoms with Gasteiger partial charge in [0.15, 0.2) is 5.95 Å². The van der Waals surface area contributed by atoms with Gasteiger partial charge >= 0.3 is 5.97 Å². The minimum Gasteiger partial charge on any atom is -0.480 e. The van der Waals surface area contributed by atoms with Crippen LogP contribution in [0, 0.1) is 12.7 Å². The summed E-state index contributed by atoms with van der Waals surface area (Å²) in [4.78, 5) is 19.0. The van der Waals surface area contributed by atoms with Crippen LogP contribution < -0.4 is 10.6 Å². The van der Waals surface area contributed by atoms with E-state index < -0.39 is 12.0 Å². The zero-order chi connectivity index (χ0) is 24.1. The van der Waals surface area contributed by atoms with E-state index in [-0.39, 0.29) is 12.2 Å². The molecule has 34 heavy (non-hydrogen) atoms. The molecule has 0 fully saturated rings. The molecule has 2 heterocycles. The second-order valence-electron chi connectivity index (χ2n) is 7.96. The molecule has 2 aromatic carbocycles. The molecule has 0 aliphatic heterocycles. The number of aliphatic carboxylic acids is 1. The molecule has 176 valence electrons. The van der Waals surface area contributed by atoms with E-state index in [2.05, 4.69) is 30.9 Å². The number of hydrogen-bond acceptors (Lipinski definition) is 6. The highest BCUT2D eigenvalue weighted by Gasteiger charge is 2.20. The maximum atomic E-state index is 13.8. The van der Waals surface area contributed by atoms with E-state index >= 15 is 0 Å². The number of anilines is 2. The average molecular weight is 464 g/mol. The van der Waals surface area contributed by atoms with E-state index in [9.17, 15) is 14.3 Å². The van der Waals surface area contributed by atoms with Gasteiger partial charge in [-0.05, 0) is 54.3 Å². The Hall–Kier alpha value is -4.21. The number of aromatic amines is 1. The van der Waals surface area contributed by atoms with Gasteiger partial charge in [0.2, 0.25) is 0 Å². The quantitative estimate of drug-likeness (QED) is 0.283. The molecule has 10 heteroatoms. The number of benzene rings is 2. The highest BCUT2D eigenvalue weighted by molar-refractivity contribution is 5.79. The lowest BCUT2D eigenvalue weighted by molar-refractivity contribution is -0.137. The number of nitrogens with one attached hydrogen (secondary N) is 3. The number of aryl methyl sites for hydroxylation is 2. The predicted molar refractivity (Wildman–Crippen MR) is 127 cm³/mol. The van der Waals surface area contributed by atoms with E-state index in [0.717, 1.165) is 22.5 Å². The molecule has 1 atom stereocenters. The first-order chi connectivity index (χ1) is 16.4. The predicted octanol–water partition coefficient (Wildman–Crippen LogP) is 3.72. The highest BCUT2D eigenvalue weighted by atomic mass is 19.1. The normalized spacial score (nSPS) is 11.9. The lowest BCUT2D eigenvalue weighted by Gasteiger charge is -2.20. The lowest BCUT2D eigenvalue weighted by atomic mass is 10.0. The Balaban J connectivity index is 1.43. The van der Waals surface area contributed by atoms with Crippen molar-refractivity contribution in [3.05, 3.63) is 83.2 Å². The lowest BCUT2D eigenvalue weighted by Crippen LogP contribution is -2.32. The Morgan fingerprint density at radius 2 is 2.06 bits per heavy atom. The van der Waals surface area contributed by atoms with Crippen LogP contribution in [-0.2, 0) is 24.2 Å². The zero-order valence-corrected chi connectivity index (χ0v) is 18.9. The van der Waals surface area contributed by atoms with Gasteiger partial charge in [0.25, 0.3) is 0 Å². The van der Waals surface area contributed by atoms with Gasteiger partial charge in [0, 0.05) is 24.5 Å². The molecule has 0 spiro atoms. The number of nitrogens with zero attached hydrogens (tertiary/aromatic N) is 4. The van der Waals surface area contributed by atoms with Crippen LogP contribution in [0.5, 0.6) is 0 Å². The van der Waals surface area contributed by atoms with Crippen molar-refractivity contribution >= 4 is 17.6 Å². The Kier molecular flexibility index (Phi) is 6.86. The molecule has 4 N–H and O–H groups in total. The summed E-state index contributed by atoms with van der Waals surface area (Å²) < 4.78 is 15.4. The summed E-state index contributed by atoms with van der Waals surface area (Å²) in [5.74, 6) is -0.641. The molecule has 0 saturated heterocycles. The average Bonchev–Trinajstić information content (AvgIpc) is 3.51. The third-order valence-electron chi connectivity index (χ3n) is 5.50. The standard InChI is InChI=1S/C24H26FN7O2/c1-3-17-12-18(25)10-15(2)22(17)29-21(23(33)34)11-16-4-6-20(7-5-16)32-14-19(30-31-32)13-28-24-26-8-9-27-24/h4-10,12,14,21,29H,3,11,13H2,1-2H3,(H,33,34)(H2,26,27,28). The van der Waals surface area contributed by atoms with Crippen LogP contribution in [0.4, 0.5) is 16.0 Å². The molecular formula is C24H26FN7O2. The van der Waals surface area contributed by atoms with E-state index in [1.165, 1.54) is 12.1 Å². The number of carbonyl (C=O) groups is 1. The smallest absolute Gasteiger partial charge is 0.326 e. The van der Waals surface area contributed by atoms with Crippen molar-refractivity contribution < 1.29 is 14.3 Å². The van der Waals surface area contributed by atoms with Gasteiger partial charge in [0.1, 0.15) is 17.6 Å². The summed E-state index contributed by atoms with van der Waals surface area (Å²) in [6, 6.07) is 9.47. The largest absolute Gasteiger partial charge is 0.480 e. The van der Waals surface area contributed by atoms with Crippen LogP contribution in [0.3, 0.4) is 0 Å². The minimum atomic E-state index is -0.972. The van der Waals surface area contributed by atoms with Crippen LogP contribution in [0.15, 0.2) is 55.0 Å². The van der Waals surface area contributed by atoms with Crippen LogP contribution in [0.2, 0.25) is 0 Å². The van der Waals surface area contributed by atoms with Crippen molar-refractivity contribution in [3.63, 3.8) is 0 Å². The second-order valence-corrected chi connectivity index (χ2v) is 7.96. The number of imidazole rings is 1. The molecule has 0 bridgehead atoms. The third kappa shape index (κ3) is 5.40. The minimum absolute atomic E-state index is 0.269. The van der Waals surface area contributed by atoms with E-state index in [4.69, 9.17) is 0 Å². The van der Waals surface area contributed by atoms with Crippen molar-refractivity contribution in [3.8, 4) is 5.69 Å². The van der Waals surface area contributed by atoms with Crippen molar-refractivity contribution in [2.24, 2.45) is 0 Å². The Morgan fingerprint density at radius 3 is 2.74 bits per heavy atom. The first-order valence-corrected chi connectivity index (χ1v) is 10.9. The van der Waals surface area contributed by atoms with Gasteiger partial charge in [-0.1, -0.05) is 24.3 Å². The summed E-state index contributed by atoms with van der Waals surface area (Å²) >= 11 is 0. The maximum absolute atomic E-state index is 13.8. The van der Waals surface area contributed by atoms with Crippen molar-refractivity contribution in [1.82, 2.24) is 25.0 Å². The first-order valence-electron chi connectivity index (χ1n) is 10.9. The number of H-pyrrole nitrogens is 1. The number of halogens is 1. The highest BCUT2D eigenvalue weighted by Crippen LogP contribution is 2.25. The topological polar surface area (TPSA) is 121 Å². The Labute approximate surface area is 196 Å². The number of carboxylic acid groups (broad SMARTS) is 1. The Morgan fingerprint density at radius 1 is 1.26 bits per heavy atom. The van der Waals surface area contributed by atoms with Crippen molar-refractivity contribution in [1.29, 1.82) is 0 Å². The van der Waals surface area contributed by atoms with Gasteiger partial charge in [-0.15, -0.1) is 5.10 Å². The van der Waals surface area contributed by atoms with E-state index in [0.29, 0.717) is 30.2 Å². The van der Waals surface area contributed by atoms with Gasteiger partial charge in [-0.2, -0.15) is 0 Å². The molecule has 2 aromatic heterocycles. The van der Waals surface area contributed by atoms with Crippen LogP contribution in [-0.4, -0.2) is 42.1 Å². The SMILES string of the molecule is CCc1cc(F)cc(C)c1NC(Cc1ccc(-n2cc(CNc3ncc[nH]3)nn2)cc1)C(=O)O. The monoisotopic (exact) mass is 463 g/mol. The molecule has 0 amide bonds. The summed E-state index contributed by atoms with van der Waals surface area (Å²) in [6.45, 7) is 4.16. The van der Waals surface area contributed by atoms with Crippen LogP contribution in [0.25, 0.3) is 5.69 Å². The number of rotatable bonds is 10. The van der Waals surface area contributed by atoms with Gasteiger partial charge in [-0.25, -0.2) is 18.9 Å². The van der Waals surface area contributed by atoms with Gasteiger partial charge in [0.05, 0.1) is 18.4 Å². The number of hydrogen-bond donors (Lipinski definition) is 4. The zero-order valence-electron chi connectivity index (χ0n) is 18.9. The van der Waals surface area contributed by atoms with Gasteiger partial charge < -0.3 is 20.7 Å². The molecule has 0 aliphatic rings. The molecule has 1 unspecified atom stereocenters.